The van der Waals surface area contributed by atoms with Crippen molar-refractivity contribution in [2.45, 2.75) is 13.1 Å². The second kappa shape index (κ2) is 7.43. The molecule has 2 aromatic rings. The highest BCUT2D eigenvalue weighted by atomic mass is 32.2. The summed E-state index contributed by atoms with van der Waals surface area (Å²) in [7, 11) is -0.258. The molecule has 0 saturated carbocycles. The third-order valence-corrected chi connectivity index (χ3v) is 4.55. The number of rotatable bonds is 7. The molecule has 0 aliphatic rings. The van der Waals surface area contributed by atoms with Gasteiger partial charge in [-0.2, -0.15) is 4.31 Å². The van der Waals surface area contributed by atoms with E-state index >= 15 is 0 Å². The normalized spacial score (nSPS) is 11.5. The highest BCUT2D eigenvalue weighted by Gasteiger charge is 2.18. The van der Waals surface area contributed by atoms with Gasteiger partial charge >= 0.3 is 0 Å². The first-order chi connectivity index (χ1) is 10.9. The van der Waals surface area contributed by atoms with E-state index in [4.69, 9.17) is 9.47 Å². The van der Waals surface area contributed by atoms with Crippen LogP contribution in [0.4, 0.5) is 0 Å². The van der Waals surface area contributed by atoms with Crippen molar-refractivity contribution in [1.29, 1.82) is 0 Å². The van der Waals surface area contributed by atoms with Crippen molar-refractivity contribution in [2.75, 3.05) is 20.5 Å². The summed E-state index contributed by atoms with van der Waals surface area (Å²) >= 11 is 0. The minimum Gasteiger partial charge on any atom is -0.493 e. The molecule has 0 unspecified atom stereocenters. The molecule has 6 nitrogen and oxygen atoms in total. The van der Waals surface area contributed by atoms with Crippen LogP contribution in [0.2, 0.25) is 0 Å². The van der Waals surface area contributed by atoms with Crippen molar-refractivity contribution in [1.82, 2.24) is 9.29 Å². The van der Waals surface area contributed by atoms with Crippen LogP contribution in [-0.2, 0) is 23.1 Å². The van der Waals surface area contributed by atoms with Crippen LogP contribution in [0.25, 0.3) is 0 Å². The second-order valence-electron chi connectivity index (χ2n) is 5.08. The standard InChI is InChI=1S/C16H20N2O4S/c1-21-15-7-6-13(9-16(15)22-2)11-18(23(3,19)20)12-14-5-4-8-17-10-14/h4-10H,11-12H2,1-3H3. The Morgan fingerprint density at radius 2 is 1.74 bits per heavy atom. The molecule has 0 aliphatic carbocycles. The number of hydrogen-bond acceptors (Lipinski definition) is 5. The maximum absolute atomic E-state index is 12.1. The number of nitrogens with zero attached hydrogens (tertiary/aromatic N) is 2. The quantitative estimate of drug-likeness (QED) is 0.774. The maximum Gasteiger partial charge on any atom is 0.211 e. The summed E-state index contributed by atoms with van der Waals surface area (Å²) < 4.78 is 36.0. The van der Waals surface area contributed by atoms with Crippen molar-refractivity contribution in [3.63, 3.8) is 0 Å². The van der Waals surface area contributed by atoms with E-state index in [1.54, 1.807) is 44.8 Å². The van der Waals surface area contributed by atoms with Crippen LogP contribution < -0.4 is 9.47 Å². The molecule has 0 atom stereocenters. The Balaban J connectivity index is 2.25. The molecular formula is C16H20N2O4S. The zero-order valence-corrected chi connectivity index (χ0v) is 14.2. The van der Waals surface area contributed by atoms with E-state index in [1.807, 2.05) is 12.1 Å². The number of hydrogen-bond donors (Lipinski definition) is 0. The topological polar surface area (TPSA) is 68.7 Å². The van der Waals surface area contributed by atoms with Crippen LogP contribution in [0.5, 0.6) is 11.5 Å². The van der Waals surface area contributed by atoms with Gasteiger partial charge in [0.1, 0.15) is 0 Å². The van der Waals surface area contributed by atoms with E-state index in [1.165, 1.54) is 10.6 Å². The lowest BCUT2D eigenvalue weighted by Gasteiger charge is -2.20. The number of aromatic nitrogens is 1. The van der Waals surface area contributed by atoms with Gasteiger partial charge in [0.15, 0.2) is 11.5 Å². The third kappa shape index (κ3) is 4.67. The SMILES string of the molecule is COc1ccc(CN(Cc2cccnc2)S(C)(=O)=O)cc1OC. The lowest BCUT2D eigenvalue weighted by molar-refractivity contribution is 0.353. The lowest BCUT2D eigenvalue weighted by atomic mass is 10.2. The van der Waals surface area contributed by atoms with Crippen molar-refractivity contribution in [3.8, 4) is 11.5 Å². The van der Waals surface area contributed by atoms with Gasteiger partial charge in [0, 0.05) is 25.5 Å². The first kappa shape index (κ1) is 17.2. The fourth-order valence-electron chi connectivity index (χ4n) is 2.17. The molecule has 1 aromatic heterocycles. The first-order valence-corrected chi connectivity index (χ1v) is 8.84. The summed E-state index contributed by atoms with van der Waals surface area (Å²) in [5, 5.41) is 0. The van der Waals surface area contributed by atoms with E-state index in [9.17, 15) is 8.42 Å². The zero-order chi connectivity index (χ0) is 16.9. The fourth-order valence-corrected chi connectivity index (χ4v) is 2.94. The molecule has 1 aromatic carbocycles. The molecule has 0 bridgehead atoms. The van der Waals surface area contributed by atoms with Crippen LogP contribution in [0, 0.1) is 0 Å². The van der Waals surface area contributed by atoms with Crippen LogP contribution in [0.1, 0.15) is 11.1 Å². The molecule has 0 radical (unpaired) electrons. The van der Waals surface area contributed by atoms with Crippen molar-refractivity contribution >= 4 is 10.0 Å². The monoisotopic (exact) mass is 336 g/mol. The van der Waals surface area contributed by atoms with Gasteiger partial charge in [-0.1, -0.05) is 12.1 Å². The van der Waals surface area contributed by atoms with E-state index < -0.39 is 10.0 Å². The summed E-state index contributed by atoms with van der Waals surface area (Å²) in [5.74, 6) is 1.18. The van der Waals surface area contributed by atoms with Crippen LogP contribution >= 0.6 is 0 Å². The summed E-state index contributed by atoms with van der Waals surface area (Å²) in [4.78, 5) is 4.02. The Kier molecular flexibility index (Phi) is 5.57. The van der Waals surface area contributed by atoms with Crippen LogP contribution in [0.3, 0.4) is 0 Å². The number of sulfonamides is 1. The molecule has 1 heterocycles. The Morgan fingerprint density at radius 3 is 2.30 bits per heavy atom. The van der Waals surface area contributed by atoms with E-state index in [2.05, 4.69) is 4.98 Å². The van der Waals surface area contributed by atoms with E-state index in [0.29, 0.717) is 11.5 Å². The van der Waals surface area contributed by atoms with E-state index in [-0.39, 0.29) is 13.1 Å². The predicted octanol–water partition coefficient (Wildman–Crippen LogP) is 2.06. The number of ether oxygens (including phenoxy) is 2. The summed E-state index contributed by atoms with van der Waals surface area (Å²) in [6, 6.07) is 8.99. The molecule has 0 spiro atoms. The zero-order valence-electron chi connectivity index (χ0n) is 13.4. The molecule has 0 saturated heterocycles. The van der Waals surface area contributed by atoms with Gasteiger partial charge < -0.3 is 9.47 Å². The number of methoxy groups -OCH3 is 2. The molecule has 23 heavy (non-hydrogen) atoms. The number of pyridine rings is 1. The van der Waals surface area contributed by atoms with Crippen LogP contribution in [0.15, 0.2) is 42.7 Å². The predicted molar refractivity (Wildman–Crippen MR) is 87.9 cm³/mol. The Bertz CT molecular complexity index is 748. The fraction of sp³-hybridized carbons (Fsp3) is 0.312. The molecule has 124 valence electrons. The summed E-state index contributed by atoms with van der Waals surface area (Å²) in [5.41, 5.74) is 1.65. The van der Waals surface area contributed by atoms with Gasteiger partial charge in [-0.05, 0) is 29.3 Å². The van der Waals surface area contributed by atoms with Gasteiger partial charge in [0.05, 0.1) is 20.5 Å². The Hall–Kier alpha value is -2.12. The average Bonchev–Trinajstić information content (AvgIpc) is 2.54. The Labute approximate surface area is 136 Å². The molecular weight excluding hydrogens is 316 g/mol. The molecule has 0 fully saturated rings. The van der Waals surface area contributed by atoms with Gasteiger partial charge in [-0.25, -0.2) is 8.42 Å². The molecule has 2 rings (SSSR count). The van der Waals surface area contributed by atoms with Gasteiger partial charge in [0.25, 0.3) is 0 Å². The van der Waals surface area contributed by atoms with Crippen molar-refractivity contribution in [3.05, 3.63) is 53.9 Å². The lowest BCUT2D eigenvalue weighted by Crippen LogP contribution is -2.29. The molecule has 0 amide bonds. The smallest absolute Gasteiger partial charge is 0.211 e. The summed E-state index contributed by atoms with van der Waals surface area (Å²) in [6.07, 6.45) is 4.51. The minimum atomic E-state index is -3.36. The van der Waals surface area contributed by atoms with Crippen LogP contribution in [-0.4, -0.2) is 38.2 Å². The largest absolute Gasteiger partial charge is 0.493 e. The van der Waals surface area contributed by atoms with Gasteiger partial charge in [-0.15, -0.1) is 0 Å². The highest BCUT2D eigenvalue weighted by molar-refractivity contribution is 7.88. The second-order valence-corrected chi connectivity index (χ2v) is 7.06. The molecule has 7 heteroatoms. The van der Waals surface area contributed by atoms with Gasteiger partial charge in [0.2, 0.25) is 10.0 Å². The molecule has 0 N–H and O–H groups in total. The maximum atomic E-state index is 12.1. The van der Waals surface area contributed by atoms with Crippen molar-refractivity contribution < 1.29 is 17.9 Å². The first-order valence-electron chi connectivity index (χ1n) is 6.99. The highest BCUT2D eigenvalue weighted by Crippen LogP contribution is 2.28. The van der Waals surface area contributed by atoms with Crippen molar-refractivity contribution in [2.24, 2.45) is 0 Å². The third-order valence-electron chi connectivity index (χ3n) is 3.36. The van der Waals surface area contributed by atoms with Gasteiger partial charge in [-0.3, -0.25) is 4.98 Å². The minimum absolute atomic E-state index is 0.244. The average molecular weight is 336 g/mol. The summed E-state index contributed by atoms with van der Waals surface area (Å²) in [6.45, 7) is 0.509. The van der Waals surface area contributed by atoms with E-state index in [0.717, 1.165) is 11.1 Å². The Morgan fingerprint density at radius 1 is 1.04 bits per heavy atom. The number of benzene rings is 1. The molecule has 0 aliphatic heterocycles.